The average Bonchev–Trinajstić information content (AvgIpc) is 2.56. The normalized spacial score (nSPS) is 10.6. The number of thiophene rings is 1. The lowest BCUT2D eigenvalue weighted by Crippen LogP contribution is -1.87. The summed E-state index contributed by atoms with van der Waals surface area (Å²) in [6.07, 6.45) is 0. The van der Waals surface area contributed by atoms with Crippen molar-refractivity contribution in [2.45, 2.75) is 6.92 Å². The van der Waals surface area contributed by atoms with Crippen LogP contribution in [-0.4, -0.2) is 10.2 Å². The Morgan fingerprint density at radius 1 is 1.50 bits per heavy atom. The van der Waals surface area contributed by atoms with Gasteiger partial charge in [-0.15, -0.1) is 11.3 Å². The van der Waals surface area contributed by atoms with Crippen LogP contribution in [-0.2, 0) is 0 Å². The molecule has 0 atom stereocenters. The number of benzene rings is 1. The lowest BCUT2D eigenvalue weighted by Gasteiger charge is -1.93. The maximum Gasteiger partial charge on any atom is 0.270 e. The molecule has 0 fully saturated rings. The molecule has 4 nitrogen and oxygen atoms in total. The zero-order valence-corrected chi connectivity index (χ0v) is 9.76. The molecule has 0 spiro atoms. The summed E-state index contributed by atoms with van der Waals surface area (Å²) in [5, 5.41) is 10.8. The quantitative estimate of drug-likeness (QED) is 0.469. The lowest BCUT2D eigenvalue weighted by atomic mass is 10.1. The van der Waals surface area contributed by atoms with Gasteiger partial charge in [0.25, 0.3) is 10.9 Å². The molecule has 16 heavy (non-hydrogen) atoms. The number of nitro groups is 1. The van der Waals surface area contributed by atoms with E-state index in [0.717, 1.165) is 4.70 Å². The summed E-state index contributed by atoms with van der Waals surface area (Å²) in [4.78, 5) is 21.7. The molecule has 0 aliphatic carbocycles. The van der Waals surface area contributed by atoms with Crippen LogP contribution in [0.15, 0.2) is 18.2 Å². The van der Waals surface area contributed by atoms with Crippen LogP contribution in [0.3, 0.4) is 0 Å². The van der Waals surface area contributed by atoms with Gasteiger partial charge in [-0.05, 0) is 30.2 Å². The Morgan fingerprint density at radius 2 is 2.19 bits per heavy atom. The maximum absolute atomic E-state index is 11.1. The smallest absolute Gasteiger partial charge is 0.270 e. The molecular weight excluding hydrogens is 250 g/mol. The minimum atomic E-state index is -0.527. The summed E-state index contributed by atoms with van der Waals surface area (Å²) >= 11 is 6.67. The van der Waals surface area contributed by atoms with Crippen LogP contribution in [0.25, 0.3) is 10.1 Å². The molecule has 1 aromatic heterocycles. The number of hydrogen-bond donors (Lipinski definition) is 0. The Hall–Kier alpha value is -1.46. The van der Waals surface area contributed by atoms with Crippen molar-refractivity contribution >= 4 is 44.0 Å². The summed E-state index contributed by atoms with van der Waals surface area (Å²) in [5.41, 5.74) is 0.714. The van der Waals surface area contributed by atoms with E-state index in [2.05, 4.69) is 0 Å². The van der Waals surface area contributed by atoms with E-state index in [4.69, 9.17) is 11.6 Å². The summed E-state index contributed by atoms with van der Waals surface area (Å²) in [7, 11) is 0. The van der Waals surface area contributed by atoms with Crippen LogP contribution in [0, 0.1) is 17.0 Å². The van der Waals surface area contributed by atoms with Crippen molar-refractivity contribution in [1.82, 2.24) is 0 Å². The standard InChI is InChI=1S/C10H6ClNO3S/c1-5-7-4-6(12(14)15)2-3-8(7)16-9(5)10(11)13/h2-4H,1H3. The van der Waals surface area contributed by atoms with Crippen LogP contribution in [0.2, 0.25) is 0 Å². The summed E-state index contributed by atoms with van der Waals surface area (Å²) in [6, 6.07) is 4.51. The van der Waals surface area contributed by atoms with Crippen LogP contribution in [0.4, 0.5) is 5.69 Å². The molecule has 0 N–H and O–H groups in total. The molecule has 0 aliphatic heterocycles. The Kier molecular flexibility index (Phi) is 2.65. The number of aryl methyl sites for hydroxylation is 1. The zero-order valence-electron chi connectivity index (χ0n) is 8.19. The van der Waals surface area contributed by atoms with Gasteiger partial charge in [-0.1, -0.05) is 0 Å². The third-order valence-corrected chi connectivity index (χ3v) is 3.88. The highest BCUT2D eigenvalue weighted by Gasteiger charge is 2.16. The molecule has 2 aromatic rings. The number of carbonyl (C=O) groups excluding carboxylic acids is 1. The number of nitrogens with zero attached hydrogens (tertiary/aromatic N) is 1. The Labute approximate surface area is 99.6 Å². The average molecular weight is 256 g/mol. The van der Waals surface area contributed by atoms with Crippen molar-refractivity contribution in [3.8, 4) is 0 Å². The van der Waals surface area contributed by atoms with E-state index in [1.54, 1.807) is 13.0 Å². The minimum absolute atomic E-state index is 0.0157. The van der Waals surface area contributed by atoms with Gasteiger partial charge in [-0.3, -0.25) is 14.9 Å². The van der Waals surface area contributed by atoms with Crippen molar-refractivity contribution in [3.63, 3.8) is 0 Å². The Bertz CT molecular complexity index is 605. The van der Waals surface area contributed by atoms with Crippen molar-refractivity contribution in [2.75, 3.05) is 0 Å². The molecule has 0 radical (unpaired) electrons. The van der Waals surface area contributed by atoms with E-state index >= 15 is 0 Å². The SMILES string of the molecule is Cc1c(C(=O)Cl)sc2ccc([N+](=O)[O-])cc12. The van der Waals surface area contributed by atoms with Gasteiger partial charge >= 0.3 is 0 Å². The monoisotopic (exact) mass is 255 g/mol. The second-order valence-corrected chi connectivity index (χ2v) is 4.66. The number of carbonyl (C=O) groups is 1. The third-order valence-electron chi connectivity index (χ3n) is 2.31. The highest BCUT2D eigenvalue weighted by Crippen LogP contribution is 2.33. The van der Waals surface area contributed by atoms with E-state index in [1.165, 1.54) is 23.5 Å². The van der Waals surface area contributed by atoms with Crippen LogP contribution in [0.1, 0.15) is 15.2 Å². The fourth-order valence-corrected chi connectivity index (χ4v) is 2.79. The molecule has 0 amide bonds. The molecule has 1 aromatic carbocycles. The van der Waals surface area contributed by atoms with Gasteiger partial charge in [0.2, 0.25) is 0 Å². The molecule has 0 aliphatic rings. The first-order valence-electron chi connectivity index (χ1n) is 4.38. The number of nitro benzene ring substituents is 1. The third kappa shape index (κ3) is 1.68. The summed E-state index contributed by atoms with van der Waals surface area (Å²) in [5.74, 6) is 0. The van der Waals surface area contributed by atoms with Gasteiger partial charge in [-0.25, -0.2) is 0 Å². The second-order valence-electron chi connectivity index (χ2n) is 3.27. The second kappa shape index (κ2) is 3.84. The number of halogens is 1. The van der Waals surface area contributed by atoms with Gasteiger partial charge in [-0.2, -0.15) is 0 Å². The lowest BCUT2D eigenvalue weighted by molar-refractivity contribution is -0.384. The maximum atomic E-state index is 11.1. The van der Waals surface area contributed by atoms with Crippen molar-refractivity contribution in [3.05, 3.63) is 38.8 Å². The van der Waals surface area contributed by atoms with Crippen molar-refractivity contribution < 1.29 is 9.72 Å². The summed E-state index contributed by atoms with van der Waals surface area (Å²) in [6.45, 7) is 1.73. The van der Waals surface area contributed by atoms with E-state index < -0.39 is 10.2 Å². The molecular formula is C10H6ClNO3S. The topological polar surface area (TPSA) is 60.2 Å². The zero-order chi connectivity index (χ0) is 11.9. The van der Waals surface area contributed by atoms with E-state index in [0.29, 0.717) is 15.8 Å². The fourth-order valence-electron chi connectivity index (χ4n) is 1.51. The van der Waals surface area contributed by atoms with Crippen LogP contribution in [0.5, 0.6) is 0 Å². The molecule has 0 unspecified atom stereocenters. The first-order valence-corrected chi connectivity index (χ1v) is 5.57. The Morgan fingerprint density at radius 3 is 2.75 bits per heavy atom. The Balaban J connectivity index is 2.73. The van der Waals surface area contributed by atoms with Gasteiger partial charge in [0.05, 0.1) is 9.80 Å². The van der Waals surface area contributed by atoms with Crippen LogP contribution < -0.4 is 0 Å². The predicted molar refractivity (Wildman–Crippen MR) is 63.4 cm³/mol. The van der Waals surface area contributed by atoms with Gasteiger partial charge in [0.15, 0.2) is 0 Å². The first-order chi connectivity index (χ1) is 7.50. The van der Waals surface area contributed by atoms with Gasteiger partial charge < -0.3 is 0 Å². The molecule has 82 valence electrons. The van der Waals surface area contributed by atoms with Gasteiger partial charge in [0.1, 0.15) is 0 Å². The van der Waals surface area contributed by atoms with E-state index in [9.17, 15) is 14.9 Å². The molecule has 2 rings (SSSR count). The van der Waals surface area contributed by atoms with E-state index in [-0.39, 0.29) is 5.69 Å². The van der Waals surface area contributed by atoms with Crippen molar-refractivity contribution in [2.24, 2.45) is 0 Å². The predicted octanol–water partition coefficient (Wildman–Crippen LogP) is 3.50. The summed E-state index contributed by atoms with van der Waals surface area (Å²) < 4.78 is 0.826. The van der Waals surface area contributed by atoms with Gasteiger partial charge in [0, 0.05) is 22.2 Å². The number of non-ortho nitro benzene ring substituents is 1. The number of rotatable bonds is 2. The highest BCUT2D eigenvalue weighted by atomic mass is 35.5. The number of fused-ring (bicyclic) bond motifs is 1. The van der Waals surface area contributed by atoms with Crippen LogP contribution >= 0.6 is 22.9 Å². The first kappa shape index (κ1) is 11.0. The molecule has 6 heteroatoms. The molecule has 0 saturated carbocycles. The highest BCUT2D eigenvalue weighted by molar-refractivity contribution is 7.22. The molecule has 0 bridgehead atoms. The van der Waals surface area contributed by atoms with E-state index in [1.807, 2.05) is 0 Å². The molecule has 1 heterocycles. The van der Waals surface area contributed by atoms with Crippen molar-refractivity contribution in [1.29, 1.82) is 0 Å². The fraction of sp³-hybridized carbons (Fsp3) is 0.100. The number of hydrogen-bond acceptors (Lipinski definition) is 4. The molecule has 0 saturated heterocycles. The minimum Gasteiger partial charge on any atom is -0.275 e. The largest absolute Gasteiger partial charge is 0.275 e.